The Morgan fingerprint density at radius 2 is 2.04 bits per heavy atom. The molecule has 1 heterocycles. The van der Waals surface area contributed by atoms with Gasteiger partial charge in [0.05, 0.1) is 11.3 Å². The average molecular weight is 386 g/mol. The summed E-state index contributed by atoms with van der Waals surface area (Å²) < 4.78 is 0. The van der Waals surface area contributed by atoms with Gasteiger partial charge in [0.25, 0.3) is 5.91 Å². The van der Waals surface area contributed by atoms with Gasteiger partial charge in [-0.2, -0.15) is 0 Å². The number of carbonyl (C=O) groups is 2. The van der Waals surface area contributed by atoms with E-state index in [1.165, 1.54) is 11.8 Å². The molecule has 5 nitrogen and oxygen atoms in total. The number of rotatable bonds is 6. The highest BCUT2D eigenvalue weighted by atomic mass is 35.5. The van der Waals surface area contributed by atoms with E-state index in [9.17, 15) is 9.59 Å². The van der Waals surface area contributed by atoms with Crippen molar-refractivity contribution in [1.29, 1.82) is 0 Å². The van der Waals surface area contributed by atoms with Crippen molar-refractivity contribution in [2.45, 2.75) is 43.7 Å². The number of amides is 2. The molecule has 1 fully saturated rings. The van der Waals surface area contributed by atoms with E-state index in [0.717, 1.165) is 30.8 Å². The van der Waals surface area contributed by atoms with E-state index >= 15 is 0 Å². The van der Waals surface area contributed by atoms with Gasteiger partial charge >= 0.3 is 0 Å². The molecule has 0 aliphatic carbocycles. The normalized spacial score (nSPS) is 17.1. The molecule has 1 aliphatic heterocycles. The number of likely N-dealkylation sites (N-methyl/N-ethyl adjacent to an activating group) is 1. The van der Waals surface area contributed by atoms with Crippen LogP contribution in [-0.4, -0.2) is 54.7 Å². The van der Waals surface area contributed by atoms with Gasteiger partial charge in [-0.3, -0.25) is 9.59 Å². The van der Waals surface area contributed by atoms with Crippen LogP contribution in [0.1, 0.15) is 37.0 Å². The van der Waals surface area contributed by atoms with E-state index in [0.29, 0.717) is 17.4 Å². The number of hydrogen-bond acceptors (Lipinski definition) is 4. The van der Waals surface area contributed by atoms with Crippen LogP contribution in [0, 0.1) is 0 Å². The van der Waals surface area contributed by atoms with Crippen molar-refractivity contribution in [1.82, 2.24) is 15.5 Å². The number of nitrogens with one attached hydrogen (secondary N) is 2. The van der Waals surface area contributed by atoms with Crippen molar-refractivity contribution < 1.29 is 9.59 Å². The maximum atomic E-state index is 12.9. The Labute approximate surface area is 160 Å². The number of halogens is 1. The summed E-state index contributed by atoms with van der Waals surface area (Å²) in [5, 5.41) is 6.14. The van der Waals surface area contributed by atoms with E-state index in [2.05, 4.69) is 10.6 Å². The van der Waals surface area contributed by atoms with Crippen LogP contribution in [0.15, 0.2) is 29.2 Å². The lowest BCUT2D eigenvalue weighted by molar-refractivity contribution is -0.119. The number of nitrogens with zero attached hydrogens (tertiary/aromatic N) is 1. The summed E-state index contributed by atoms with van der Waals surface area (Å²) in [5.41, 5.74) is 0.691. The Balaban J connectivity index is 0.00000312. The van der Waals surface area contributed by atoms with Gasteiger partial charge in [0.15, 0.2) is 0 Å². The summed E-state index contributed by atoms with van der Waals surface area (Å²) in [6.45, 7) is 5.41. The van der Waals surface area contributed by atoms with Crippen molar-refractivity contribution in [3.8, 4) is 0 Å². The fourth-order valence-electron chi connectivity index (χ4n) is 2.84. The van der Waals surface area contributed by atoms with Gasteiger partial charge < -0.3 is 15.5 Å². The Bertz CT molecular complexity index is 583. The van der Waals surface area contributed by atoms with Crippen LogP contribution < -0.4 is 10.6 Å². The second-order valence-corrected chi connectivity index (χ2v) is 7.40. The molecule has 2 amide bonds. The molecule has 2 N–H and O–H groups in total. The largest absolute Gasteiger partial charge is 0.353 e. The van der Waals surface area contributed by atoms with Crippen LogP contribution in [-0.2, 0) is 4.79 Å². The Hall–Kier alpha value is -1.24. The van der Waals surface area contributed by atoms with Gasteiger partial charge in [-0.15, -0.1) is 24.2 Å². The van der Waals surface area contributed by atoms with E-state index < -0.39 is 0 Å². The molecule has 2 rings (SSSR count). The Morgan fingerprint density at radius 1 is 1.32 bits per heavy atom. The highest BCUT2D eigenvalue weighted by Gasteiger charge is 2.25. The number of benzene rings is 1. The summed E-state index contributed by atoms with van der Waals surface area (Å²) in [6.07, 6.45) is 2.12. The highest BCUT2D eigenvalue weighted by Crippen LogP contribution is 2.25. The number of carbonyl (C=O) groups excluding carboxylic acids is 2. The Morgan fingerprint density at radius 3 is 2.72 bits per heavy atom. The van der Waals surface area contributed by atoms with Gasteiger partial charge in [0, 0.05) is 30.1 Å². The molecule has 0 spiro atoms. The molecule has 1 aromatic rings. The van der Waals surface area contributed by atoms with E-state index in [-0.39, 0.29) is 30.3 Å². The first kappa shape index (κ1) is 21.8. The van der Waals surface area contributed by atoms with Gasteiger partial charge in [-0.25, -0.2) is 0 Å². The minimum Gasteiger partial charge on any atom is -0.353 e. The summed E-state index contributed by atoms with van der Waals surface area (Å²) in [5.74, 6) is 0.370. The standard InChI is InChI=1S/C18H27N3O2S.ClH/c1-13(2)20-17(22)12-24-16-9-5-4-8-15(16)18(23)21-10-6-7-14(11-21)19-3;/h4-5,8-9,13-14,19H,6-7,10-12H2,1-3H3,(H,20,22);1H. The van der Waals surface area contributed by atoms with Gasteiger partial charge in [0.2, 0.25) is 5.91 Å². The first-order valence-corrected chi connectivity index (χ1v) is 9.47. The second kappa shape index (κ2) is 10.7. The van der Waals surface area contributed by atoms with Gasteiger partial charge in [0.1, 0.15) is 0 Å². The SMILES string of the molecule is CNC1CCCN(C(=O)c2ccccc2SCC(=O)NC(C)C)C1.Cl. The fraction of sp³-hybridized carbons (Fsp3) is 0.556. The molecular formula is C18H28ClN3O2S. The van der Waals surface area contributed by atoms with E-state index in [4.69, 9.17) is 0 Å². The zero-order valence-electron chi connectivity index (χ0n) is 15.1. The fourth-order valence-corrected chi connectivity index (χ4v) is 3.70. The number of thioether (sulfide) groups is 1. The van der Waals surface area contributed by atoms with Crippen LogP contribution in [0.3, 0.4) is 0 Å². The van der Waals surface area contributed by atoms with Crippen LogP contribution in [0.2, 0.25) is 0 Å². The second-order valence-electron chi connectivity index (χ2n) is 6.39. The third-order valence-electron chi connectivity index (χ3n) is 4.04. The quantitative estimate of drug-likeness (QED) is 0.739. The van der Waals surface area contributed by atoms with Crippen molar-refractivity contribution in [3.63, 3.8) is 0 Å². The predicted octanol–water partition coefficient (Wildman–Crippen LogP) is 2.55. The molecule has 7 heteroatoms. The average Bonchev–Trinajstić information content (AvgIpc) is 2.59. The van der Waals surface area contributed by atoms with E-state index in [1.54, 1.807) is 0 Å². The zero-order chi connectivity index (χ0) is 17.5. The smallest absolute Gasteiger partial charge is 0.255 e. The lowest BCUT2D eigenvalue weighted by Gasteiger charge is -2.33. The topological polar surface area (TPSA) is 61.4 Å². The summed E-state index contributed by atoms with van der Waals surface area (Å²) in [4.78, 5) is 27.5. The Kier molecular flexibility index (Phi) is 9.32. The molecule has 1 aromatic carbocycles. The molecule has 1 saturated heterocycles. The maximum absolute atomic E-state index is 12.9. The molecular weight excluding hydrogens is 358 g/mol. The lowest BCUT2D eigenvalue weighted by Crippen LogP contribution is -2.47. The third-order valence-corrected chi connectivity index (χ3v) is 5.12. The molecule has 25 heavy (non-hydrogen) atoms. The van der Waals surface area contributed by atoms with Crippen LogP contribution in [0.5, 0.6) is 0 Å². The molecule has 0 aromatic heterocycles. The number of piperidine rings is 1. The molecule has 0 radical (unpaired) electrons. The minimum atomic E-state index is -0.00882. The summed E-state index contributed by atoms with van der Waals surface area (Å²) >= 11 is 1.42. The highest BCUT2D eigenvalue weighted by molar-refractivity contribution is 8.00. The molecule has 0 saturated carbocycles. The maximum Gasteiger partial charge on any atom is 0.255 e. The monoisotopic (exact) mass is 385 g/mol. The minimum absolute atomic E-state index is 0. The lowest BCUT2D eigenvalue weighted by atomic mass is 10.0. The van der Waals surface area contributed by atoms with Gasteiger partial charge in [-0.1, -0.05) is 12.1 Å². The third kappa shape index (κ3) is 6.53. The molecule has 1 unspecified atom stereocenters. The van der Waals surface area contributed by atoms with Gasteiger partial charge in [-0.05, 0) is 45.9 Å². The first-order chi connectivity index (χ1) is 11.5. The molecule has 1 aliphatic rings. The number of hydrogen-bond donors (Lipinski definition) is 2. The molecule has 0 bridgehead atoms. The molecule has 1 atom stereocenters. The first-order valence-electron chi connectivity index (χ1n) is 8.49. The summed E-state index contributed by atoms with van der Waals surface area (Å²) in [7, 11) is 1.94. The van der Waals surface area contributed by atoms with Crippen molar-refractivity contribution >= 4 is 36.0 Å². The zero-order valence-corrected chi connectivity index (χ0v) is 16.7. The van der Waals surface area contributed by atoms with E-state index in [1.807, 2.05) is 50.1 Å². The van der Waals surface area contributed by atoms with Crippen LogP contribution >= 0.6 is 24.2 Å². The van der Waals surface area contributed by atoms with Crippen molar-refractivity contribution in [3.05, 3.63) is 29.8 Å². The van der Waals surface area contributed by atoms with Crippen molar-refractivity contribution in [2.24, 2.45) is 0 Å². The summed E-state index contributed by atoms with van der Waals surface area (Å²) in [6, 6.07) is 8.05. The van der Waals surface area contributed by atoms with Crippen molar-refractivity contribution in [2.75, 3.05) is 25.9 Å². The van der Waals surface area contributed by atoms with Crippen LogP contribution in [0.25, 0.3) is 0 Å². The number of likely N-dealkylation sites (tertiary alicyclic amines) is 1. The predicted molar refractivity (Wildman–Crippen MR) is 106 cm³/mol. The molecule has 140 valence electrons. The van der Waals surface area contributed by atoms with Crippen LogP contribution in [0.4, 0.5) is 0 Å².